The highest BCUT2D eigenvalue weighted by Crippen LogP contribution is 2.82. The zero-order chi connectivity index (χ0) is 25.3. The van der Waals surface area contributed by atoms with Gasteiger partial charge in [-0.3, -0.25) is 9.59 Å². The van der Waals surface area contributed by atoms with Gasteiger partial charge in [0, 0.05) is 12.0 Å². The molecule has 0 aromatic carbocycles. The van der Waals surface area contributed by atoms with Crippen molar-refractivity contribution in [1.82, 2.24) is 4.90 Å². The van der Waals surface area contributed by atoms with E-state index in [4.69, 9.17) is 21.1 Å². The Morgan fingerprint density at radius 1 is 1.29 bits per heavy atom. The summed E-state index contributed by atoms with van der Waals surface area (Å²) in [6.45, 7) is 9.13. The highest BCUT2D eigenvalue weighted by Gasteiger charge is 2.84. The molecule has 1 amide bonds. The molecular formula is C27H38ClNO6. The molecule has 0 spiro atoms. The van der Waals surface area contributed by atoms with Crippen molar-refractivity contribution in [1.29, 1.82) is 0 Å². The van der Waals surface area contributed by atoms with E-state index in [9.17, 15) is 19.5 Å². The third kappa shape index (κ3) is 3.13. The largest absolute Gasteiger partial charge is 0.481 e. The van der Waals surface area contributed by atoms with Gasteiger partial charge in [-0.25, -0.2) is 0 Å². The van der Waals surface area contributed by atoms with Crippen LogP contribution in [0.4, 0.5) is 0 Å². The molecule has 4 aliphatic carbocycles. The first-order valence-electron chi connectivity index (χ1n) is 13.1. The van der Waals surface area contributed by atoms with Crippen molar-refractivity contribution in [3.05, 3.63) is 11.6 Å². The number of hydrogen-bond donors (Lipinski definition) is 1. The van der Waals surface area contributed by atoms with Crippen molar-refractivity contribution in [2.45, 2.75) is 65.8 Å². The van der Waals surface area contributed by atoms with Gasteiger partial charge in [-0.1, -0.05) is 38.8 Å². The van der Waals surface area contributed by atoms with Crippen LogP contribution in [0, 0.1) is 45.8 Å². The summed E-state index contributed by atoms with van der Waals surface area (Å²) in [6.07, 6.45) is 5.59. The fourth-order valence-corrected chi connectivity index (χ4v) is 9.33. The summed E-state index contributed by atoms with van der Waals surface area (Å²) >= 11 is 5.79. The first kappa shape index (κ1) is 25.2. The van der Waals surface area contributed by atoms with Crippen molar-refractivity contribution in [3.63, 3.8) is 0 Å². The van der Waals surface area contributed by atoms with E-state index in [-0.39, 0.29) is 48.8 Å². The minimum absolute atomic E-state index is 0.0215. The van der Waals surface area contributed by atoms with Gasteiger partial charge in [-0.05, 0) is 55.8 Å². The molecule has 4 fully saturated rings. The molecule has 5 unspecified atom stereocenters. The van der Waals surface area contributed by atoms with E-state index in [1.54, 1.807) is 4.90 Å². The highest BCUT2D eigenvalue weighted by molar-refractivity contribution is 6.27. The molecule has 8 heteroatoms. The molecule has 194 valence electrons. The summed E-state index contributed by atoms with van der Waals surface area (Å²) in [4.78, 5) is 40.5. The molecule has 3 saturated carbocycles. The average Bonchev–Trinajstić information content (AvgIpc) is 3.39. The molecule has 1 heterocycles. The van der Waals surface area contributed by atoms with Gasteiger partial charge in [0.2, 0.25) is 5.91 Å². The lowest BCUT2D eigenvalue weighted by Gasteiger charge is -2.58. The number of fused-ring (bicyclic) bond motifs is 2. The molecule has 0 radical (unpaired) electrons. The number of hydrogen-bond acceptors (Lipinski definition) is 5. The Hall–Kier alpha value is -1.44. The van der Waals surface area contributed by atoms with Crippen molar-refractivity contribution in [3.8, 4) is 0 Å². The Balaban J connectivity index is 1.54. The normalized spacial score (nSPS) is 46.0. The Bertz CT molecular complexity index is 952. The van der Waals surface area contributed by atoms with Crippen LogP contribution in [-0.4, -0.2) is 66.1 Å². The van der Waals surface area contributed by atoms with Crippen molar-refractivity contribution in [2.75, 3.05) is 25.6 Å². The van der Waals surface area contributed by atoms with Gasteiger partial charge in [0.1, 0.15) is 17.6 Å². The van der Waals surface area contributed by atoms with Crippen LogP contribution < -0.4 is 0 Å². The molecule has 0 aromatic rings. The summed E-state index contributed by atoms with van der Waals surface area (Å²) in [6, 6.07) is 0. The van der Waals surface area contributed by atoms with E-state index >= 15 is 0 Å². The minimum atomic E-state index is -1.27. The maximum Gasteiger partial charge on any atom is 0.315 e. The first-order valence-corrected chi connectivity index (χ1v) is 13.6. The maximum atomic E-state index is 13.5. The lowest BCUT2D eigenvalue weighted by atomic mass is 9.43. The smallest absolute Gasteiger partial charge is 0.315 e. The number of alkyl halides is 1. The van der Waals surface area contributed by atoms with Crippen LogP contribution in [-0.2, 0) is 23.9 Å². The van der Waals surface area contributed by atoms with E-state index in [1.165, 1.54) is 0 Å². The van der Waals surface area contributed by atoms with Crippen LogP contribution >= 0.6 is 11.6 Å². The number of allylic oxidation sites excluding steroid dienone is 1. The number of carbonyl (C=O) groups excluding carboxylic acids is 2. The van der Waals surface area contributed by atoms with Gasteiger partial charge in [-0.2, -0.15) is 0 Å². The summed E-state index contributed by atoms with van der Waals surface area (Å²) in [5, 5.41) is 11.0. The molecule has 0 aromatic heterocycles. The Labute approximate surface area is 212 Å². The van der Waals surface area contributed by atoms with Crippen molar-refractivity contribution in [2.24, 2.45) is 45.8 Å². The van der Waals surface area contributed by atoms with Gasteiger partial charge in [0.25, 0.3) is 0 Å². The van der Waals surface area contributed by atoms with E-state index in [0.29, 0.717) is 24.8 Å². The van der Waals surface area contributed by atoms with Crippen molar-refractivity contribution < 1.29 is 29.0 Å². The fourth-order valence-electron chi connectivity index (χ4n) is 9.17. The predicted molar refractivity (Wildman–Crippen MR) is 130 cm³/mol. The average molecular weight is 508 g/mol. The van der Waals surface area contributed by atoms with Crippen LogP contribution in [0.3, 0.4) is 0 Å². The second-order valence-corrected chi connectivity index (χ2v) is 12.4. The Kier molecular flexibility index (Phi) is 6.17. The Morgan fingerprint density at radius 2 is 2.03 bits per heavy atom. The molecular weight excluding hydrogens is 470 g/mol. The molecule has 9 atom stereocenters. The molecule has 5 rings (SSSR count). The monoisotopic (exact) mass is 507 g/mol. The molecule has 35 heavy (non-hydrogen) atoms. The quantitative estimate of drug-likeness (QED) is 0.320. The van der Waals surface area contributed by atoms with Gasteiger partial charge in [0.15, 0.2) is 6.29 Å². The maximum absolute atomic E-state index is 13.5. The van der Waals surface area contributed by atoms with Gasteiger partial charge in [-0.15, -0.1) is 11.6 Å². The summed E-state index contributed by atoms with van der Waals surface area (Å²) in [7, 11) is 0. The summed E-state index contributed by atoms with van der Waals surface area (Å²) < 4.78 is 12.5. The third-order valence-corrected chi connectivity index (χ3v) is 10.6. The number of carboxylic acids is 1. The number of aliphatic carboxylic acids is 1. The number of amides is 1. The molecule has 1 saturated heterocycles. The second kappa shape index (κ2) is 8.56. The third-order valence-electron chi connectivity index (χ3n) is 10.3. The zero-order valence-electron chi connectivity index (χ0n) is 21.2. The predicted octanol–water partition coefficient (Wildman–Crippen LogP) is 3.74. The highest BCUT2D eigenvalue weighted by atomic mass is 35.5. The summed E-state index contributed by atoms with van der Waals surface area (Å²) in [5.41, 5.74) is -1.98. The van der Waals surface area contributed by atoms with Gasteiger partial charge in [0.05, 0.1) is 24.7 Å². The van der Waals surface area contributed by atoms with Gasteiger partial charge < -0.3 is 24.3 Å². The lowest BCUT2D eigenvalue weighted by Crippen LogP contribution is -2.64. The number of aldehydes is 1. The fraction of sp³-hybridized carbons (Fsp3) is 0.815. The van der Waals surface area contributed by atoms with E-state index in [1.807, 2.05) is 20.8 Å². The van der Waals surface area contributed by atoms with Crippen molar-refractivity contribution >= 4 is 29.8 Å². The number of halogens is 1. The molecule has 1 N–H and O–H groups in total. The lowest BCUT2D eigenvalue weighted by molar-refractivity contribution is -0.235. The van der Waals surface area contributed by atoms with E-state index in [0.717, 1.165) is 31.1 Å². The van der Waals surface area contributed by atoms with Crippen LogP contribution in [0.5, 0.6) is 0 Å². The topological polar surface area (TPSA) is 93.1 Å². The molecule has 5 aliphatic rings. The first-order chi connectivity index (χ1) is 16.6. The number of morpholine rings is 1. The van der Waals surface area contributed by atoms with E-state index < -0.39 is 28.5 Å². The zero-order valence-corrected chi connectivity index (χ0v) is 21.9. The number of rotatable bonds is 7. The van der Waals surface area contributed by atoms with Crippen LogP contribution in [0.1, 0.15) is 53.4 Å². The number of carboxylic acid groups (broad SMARTS) is 1. The molecule has 1 aliphatic heterocycles. The molecule has 4 bridgehead atoms. The number of ether oxygens (including phenoxy) is 2. The van der Waals surface area contributed by atoms with Crippen LogP contribution in [0.15, 0.2) is 11.6 Å². The molecule has 7 nitrogen and oxygen atoms in total. The van der Waals surface area contributed by atoms with Crippen LogP contribution in [0.2, 0.25) is 0 Å². The minimum Gasteiger partial charge on any atom is -0.481 e. The number of carbonyl (C=O) groups is 3. The second-order valence-electron chi connectivity index (χ2n) is 12.1. The SMILES string of the molecule is CC(C)C1=CC2C[C@]3(C=O)C4CC[C@@H](C)C4CC2(CO[C@H]2CN(C(=O)CCl)C[C@@H](C)O2)C13C(=O)O. The number of nitrogens with zero attached hydrogens (tertiary/aromatic N) is 1. The van der Waals surface area contributed by atoms with Crippen LogP contribution in [0.25, 0.3) is 0 Å². The van der Waals surface area contributed by atoms with E-state index in [2.05, 4.69) is 13.0 Å². The Morgan fingerprint density at radius 3 is 2.66 bits per heavy atom. The van der Waals surface area contributed by atoms with Gasteiger partial charge >= 0.3 is 5.97 Å². The summed E-state index contributed by atoms with van der Waals surface area (Å²) in [5.74, 6) is -0.306. The standard InChI is InChI=1S/C27H38ClNO6/c1-15(2)21-7-18-8-25(13-30)20-6-5-16(3)19(20)9-26(18,27(21,25)24(32)33)14-34-23-12-29(22(31)10-28)11-17(4)35-23/h7,13,15-20,23H,5-6,8-12,14H2,1-4H3,(H,32,33)/t16-,17-,18?,19?,20?,23-,25+,26?,27?/m1/s1.